The Kier molecular flexibility index (Phi) is 24.0. The first-order valence-electron chi connectivity index (χ1n) is 11.1. The molecule has 6 heteroatoms. The fourth-order valence-corrected chi connectivity index (χ4v) is 2.14. The molecule has 0 aliphatic rings. The van der Waals surface area contributed by atoms with Gasteiger partial charge in [0.15, 0.2) is 0 Å². The zero-order chi connectivity index (χ0) is 24.8. The van der Waals surface area contributed by atoms with Crippen LogP contribution < -0.4 is 0 Å². The van der Waals surface area contributed by atoms with Crippen molar-refractivity contribution in [2.45, 2.75) is 98.3 Å². The average Bonchev–Trinajstić information content (AvgIpc) is 2.69. The van der Waals surface area contributed by atoms with E-state index in [4.69, 9.17) is 15.3 Å². The molecule has 0 saturated carbocycles. The molecule has 6 nitrogen and oxygen atoms in total. The van der Waals surface area contributed by atoms with Crippen molar-refractivity contribution in [1.82, 2.24) is 0 Å². The van der Waals surface area contributed by atoms with E-state index >= 15 is 0 Å². The van der Waals surface area contributed by atoms with E-state index in [-0.39, 0.29) is 0 Å². The largest absolute Gasteiger partial charge is 0.478 e. The minimum Gasteiger partial charge on any atom is -0.478 e. The summed E-state index contributed by atoms with van der Waals surface area (Å²) < 4.78 is 0. The normalized spacial score (nSPS) is 9.58. The number of carbonyl (C=O) groups is 3. The second-order valence-electron chi connectivity index (χ2n) is 7.93. The highest BCUT2D eigenvalue weighted by Crippen LogP contribution is 2.09. The van der Waals surface area contributed by atoms with Crippen molar-refractivity contribution in [3.05, 3.63) is 36.5 Å². The molecular formula is C25H44O6. The fourth-order valence-electron chi connectivity index (χ4n) is 2.14. The van der Waals surface area contributed by atoms with Crippen LogP contribution in [0.5, 0.6) is 0 Å². The van der Waals surface area contributed by atoms with Gasteiger partial charge in [0.2, 0.25) is 0 Å². The van der Waals surface area contributed by atoms with Crippen molar-refractivity contribution >= 4 is 17.9 Å². The molecule has 0 fully saturated rings. The summed E-state index contributed by atoms with van der Waals surface area (Å²) in [6, 6.07) is 0. The van der Waals surface area contributed by atoms with Gasteiger partial charge in [-0.05, 0) is 44.4 Å². The molecule has 0 aliphatic heterocycles. The lowest BCUT2D eigenvalue weighted by Gasteiger charge is -2.02. The second kappa shape index (κ2) is 22.3. The molecule has 0 rings (SSSR count). The van der Waals surface area contributed by atoms with Gasteiger partial charge in [-0.2, -0.15) is 0 Å². The van der Waals surface area contributed by atoms with Gasteiger partial charge in [-0.25, -0.2) is 14.4 Å². The maximum absolute atomic E-state index is 10.3. The highest BCUT2D eigenvalue weighted by molar-refractivity contribution is 5.86. The number of hydrogen-bond donors (Lipinski definition) is 3. The van der Waals surface area contributed by atoms with Crippen LogP contribution in [0.25, 0.3) is 0 Å². The minimum absolute atomic E-state index is 0.314. The molecule has 180 valence electrons. The first kappa shape index (κ1) is 33.3. The molecule has 0 heterocycles. The lowest BCUT2D eigenvalue weighted by Crippen LogP contribution is -2.00. The van der Waals surface area contributed by atoms with Gasteiger partial charge in [0.05, 0.1) is 0 Å². The summed E-state index contributed by atoms with van der Waals surface area (Å²) in [4.78, 5) is 30.7. The molecule has 31 heavy (non-hydrogen) atoms. The zero-order valence-corrected chi connectivity index (χ0v) is 20.0. The van der Waals surface area contributed by atoms with Crippen LogP contribution in [-0.2, 0) is 14.4 Å². The smallest absolute Gasteiger partial charge is 0.330 e. The standard InChI is InChI=1S/C9H16O2.2C8H14O2/c1-3-4-5-6-7-8(2)9(10)11;1-6(2)4-5-7(3)8(9)10;1-3-4-5-6-7(2)8(9)10/h2-7H2,1H3,(H,10,11);6H,3-5H2,1-2H3,(H,9,10);2-6H2,1H3,(H,9,10). The summed E-state index contributed by atoms with van der Waals surface area (Å²) in [6.45, 7) is 18.7. The summed E-state index contributed by atoms with van der Waals surface area (Å²) in [6.07, 6.45) is 10.4. The Hall–Kier alpha value is -2.37. The monoisotopic (exact) mass is 440 g/mol. The Bertz CT molecular complexity index is 560. The van der Waals surface area contributed by atoms with Crippen molar-refractivity contribution < 1.29 is 29.7 Å². The van der Waals surface area contributed by atoms with Crippen LogP contribution in [0.1, 0.15) is 98.3 Å². The van der Waals surface area contributed by atoms with E-state index in [2.05, 4.69) is 47.4 Å². The van der Waals surface area contributed by atoms with E-state index in [0.717, 1.165) is 38.5 Å². The van der Waals surface area contributed by atoms with Crippen molar-refractivity contribution in [3.8, 4) is 0 Å². The Morgan fingerprint density at radius 2 is 0.935 bits per heavy atom. The predicted molar refractivity (Wildman–Crippen MR) is 127 cm³/mol. The van der Waals surface area contributed by atoms with E-state index in [9.17, 15) is 14.4 Å². The van der Waals surface area contributed by atoms with Crippen LogP contribution in [0.4, 0.5) is 0 Å². The second-order valence-corrected chi connectivity index (χ2v) is 7.93. The maximum atomic E-state index is 10.3. The quantitative estimate of drug-likeness (QED) is 0.189. The van der Waals surface area contributed by atoms with Gasteiger partial charge >= 0.3 is 17.9 Å². The average molecular weight is 441 g/mol. The van der Waals surface area contributed by atoms with Crippen LogP contribution in [0.3, 0.4) is 0 Å². The predicted octanol–water partition coefficient (Wildman–Crippen LogP) is 6.87. The number of hydrogen-bond acceptors (Lipinski definition) is 3. The minimum atomic E-state index is -0.874. The summed E-state index contributed by atoms with van der Waals surface area (Å²) >= 11 is 0. The topological polar surface area (TPSA) is 112 Å². The van der Waals surface area contributed by atoms with Crippen LogP contribution in [0.15, 0.2) is 36.5 Å². The molecule has 0 aromatic rings. The maximum Gasteiger partial charge on any atom is 0.330 e. The third-order valence-electron chi connectivity index (χ3n) is 4.35. The van der Waals surface area contributed by atoms with E-state index < -0.39 is 17.9 Å². The third kappa shape index (κ3) is 27.6. The molecule has 0 aliphatic carbocycles. The number of unbranched alkanes of at least 4 members (excludes halogenated alkanes) is 5. The van der Waals surface area contributed by atoms with E-state index in [1.807, 2.05) is 0 Å². The molecule has 0 aromatic heterocycles. The van der Waals surface area contributed by atoms with Gasteiger partial charge in [-0.15, -0.1) is 0 Å². The Morgan fingerprint density at radius 1 is 0.613 bits per heavy atom. The fraction of sp³-hybridized carbons (Fsp3) is 0.640. The molecule has 0 amide bonds. The molecule has 0 unspecified atom stereocenters. The molecule has 0 spiro atoms. The number of carboxylic acids is 3. The Labute approximate surface area is 188 Å². The summed E-state index contributed by atoms with van der Waals surface area (Å²) in [5.41, 5.74) is 0.975. The molecule has 0 atom stereocenters. The van der Waals surface area contributed by atoms with Crippen LogP contribution >= 0.6 is 0 Å². The van der Waals surface area contributed by atoms with Crippen molar-refractivity contribution in [3.63, 3.8) is 0 Å². The number of aliphatic carboxylic acids is 3. The van der Waals surface area contributed by atoms with Crippen LogP contribution in [0, 0.1) is 5.92 Å². The molecule has 3 N–H and O–H groups in total. The highest BCUT2D eigenvalue weighted by Gasteiger charge is 2.04. The SMILES string of the molecule is C=C(CCC(C)C)C(=O)O.C=C(CCCCC)C(=O)O.C=C(CCCCCC)C(=O)O. The van der Waals surface area contributed by atoms with Gasteiger partial charge in [-0.3, -0.25) is 0 Å². The first-order chi connectivity index (χ1) is 14.4. The van der Waals surface area contributed by atoms with Crippen LogP contribution in [0.2, 0.25) is 0 Å². The number of rotatable bonds is 15. The molecule has 0 bridgehead atoms. The van der Waals surface area contributed by atoms with E-state index in [1.54, 1.807) is 0 Å². The lowest BCUT2D eigenvalue weighted by molar-refractivity contribution is -0.133. The zero-order valence-electron chi connectivity index (χ0n) is 20.0. The Morgan fingerprint density at radius 3 is 1.26 bits per heavy atom. The van der Waals surface area contributed by atoms with Gasteiger partial charge in [0.1, 0.15) is 0 Å². The van der Waals surface area contributed by atoms with Gasteiger partial charge in [-0.1, -0.05) is 79.5 Å². The summed E-state index contributed by atoms with van der Waals surface area (Å²) in [5, 5.41) is 25.2. The van der Waals surface area contributed by atoms with Crippen molar-refractivity contribution in [2.75, 3.05) is 0 Å². The molecule has 0 saturated heterocycles. The highest BCUT2D eigenvalue weighted by atomic mass is 16.4. The van der Waals surface area contributed by atoms with Crippen molar-refractivity contribution in [2.24, 2.45) is 5.92 Å². The van der Waals surface area contributed by atoms with E-state index in [0.29, 0.717) is 41.9 Å². The third-order valence-corrected chi connectivity index (χ3v) is 4.35. The van der Waals surface area contributed by atoms with Gasteiger partial charge < -0.3 is 15.3 Å². The Balaban J connectivity index is -0.000000380. The van der Waals surface area contributed by atoms with Gasteiger partial charge in [0.25, 0.3) is 0 Å². The molecule has 0 radical (unpaired) electrons. The van der Waals surface area contributed by atoms with E-state index in [1.165, 1.54) is 12.8 Å². The lowest BCUT2D eigenvalue weighted by atomic mass is 10.0. The molecular weight excluding hydrogens is 396 g/mol. The van der Waals surface area contributed by atoms with Crippen LogP contribution in [-0.4, -0.2) is 33.2 Å². The number of carboxylic acid groups (broad SMARTS) is 3. The molecule has 0 aromatic carbocycles. The van der Waals surface area contributed by atoms with Crippen molar-refractivity contribution in [1.29, 1.82) is 0 Å². The first-order valence-corrected chi connectivity index (χ1v) is 11.1. The van der Waals surface area contributed by atoms with Gasteiger partial charge in [0, 0.05) is 16.7 Å². The summed E-state index contributed by atoms with van der Waals surface area (Å²) in [5.74, 6) is -2.05. The summed E-state index contributed by atoms with van der Waals surface area (Å²) in [7, 11) is 0.